The summed E-state index contributed by atoms with van der Waals surface area (Å²) in [4.78, 5) is 12.1. The molecule has 162 valence electrons. The van der Waals surface area contributed by atoms with E-state index >= 15 is 0 Å². The number of rotatable bonds is 7. The molecule has 0 aliphatic heterocycles. The number of aryl methyl sites for hydroxylation is 2. The summed E-state index contributed by atoms with van der Waals surface area (Å²) in [6.45, 7) is 8.33. The number of carbonyl (C=O) groups is 1. The molecule has 0 aliphatic carbocycles. The highest BCUT2D eigenvalue weighted by Gasteiger charge is 2.17. The number of halogens is 2. The summed E-state index contributed by atoms with van der Waals surface area (Å²) in [5.74, 6) is 0.912. The van der Waals surface area contributed by atoms with Gasteiger partial charge in [0, 0.05) is 37.9 Å². The number of amides is 1. The third kappa shape index (κ3) is 5.82. The van der Waals surface area contributed by atoms with Gasteiger partial charge in [-0.05, 0) is 73.0 Å². The monoisotopic (exact) mass is 517 g/mol. The Hall–Kier alpha value is -2.02. The maximum atomic E-state index is 12.1. The second-order valence-electron chi connectivity index (χ2n) is 7.44. The molecule has 4 nitrogen and oxygen atoms in total. The van der Waals surface area contributed by atoms with Crippen LogP contribution in [0.3, 0.4) is 0 Å². The van der Waals surface area contributed by atoms with Gasteiger partial charge in [-0.25, -0.2) is 5.43 Å². The van der Waals surface area contributed by atoms with Crippen molar-refractivity contribution < 1.29 is 4.79 Å². The first kappa shape index (κ1) is 23.6. The third-order valence-corrected chi connectivity index (χ3v) is 7.22. The van der Waals surface area contributed by atoms with Crippen LogP contribution in [0.4, 0.5) is 0 Å². The third-order valence-electron chi connectivity index (χ3n) is 4.98. The van der Waals surface area contributed by atoms with Gasteiger partial charge in [-0.15, -0.1) is 11.8 Å². The first-order valence-electron chi connectivity index (χ1n) is 9.87. The van der Waals surface area contributed by atoms with Gasteiger partial charge < -0.3 is 4.57 Å². The summed E-state index contributed by atoms with van der Waals surface area (Å²) in [7, 11) is 0. The van der Waals surface area contributed by atoms with Crippen molar-refractivity contribution >= 4 is 51.4 Å². The van der Waals surface area contributed by atoms with Crippen molar-refractivity contribution in [3.63, 3.8) is 0 Å². The molecule has 1 heterocycles. The topological polar surface area (TPSA) is 46.4 Å². The Kier molecular flexibility index (Phi) is 8.03. The second-order valence-corrected chi connectivity index (χ2v) is 9.65. The average Bonchev–Trinajstić information content (AvgIpc) is 2.92. The van der Waals surface area contributed by atoms with Crippen LogP contribution >= 0.6 is 39.3 Å². The van der Waals surface area contributed by atoms with Crippen LogP contribution in [0.5, 0.6) is 0 Å². The molecule has 1 amide bonds. The predicted octanol–water partition coefficient (Wildman–Crippen LogP) is 6.51. The Labute approximate surface area is 201 Å². The standard InChI is InChI=1S/C24H25BrClN3OS/c1-15-8-9-22(16(2)10-15)29-17(3)21(24(25)18(29)4)12-27-28-23(30)14-31-13-19-6-5-7-20(26)11-19/h5-12H,13-14H2,1-4H3,(H,28,30)/b27-12-. The van der Waals surface area contributed by atoms with Gasteiger partial charge in [0.25, 0.3) is 0 Å². The van der Waals surface area contributed by atoms with Gasteiger partial charge in [-0.1, -0.05) is 41.4 Å². The van der Waals surface area contributed by atoms with E-state index in [1.807, 2.05) is 24.3 Å². The number of carbonyl (C=O) groups excluding carboxylic acids is 1. The number of nitrogens with one attached hydrogen (secondary N) is 1. The Balaban J connectivity index is 1.65. The summed E-state index contributed by atoms with van der Waals surface area (Å²) in [6.07, 6.45) is 1.70. The Morgan fingerprint density at radius 2 is 1.94 bits per heavy atom. The average molecular weight is 519 g/mol. The highest BCUT2D eigenvalue weighted by atomic mass is 79.9. The lowest BCUT2D eigenvalue weighted by atomic mass is 10.1. The van der Waals surface area contributed by atoms with Gasteiger partial charge in [0.2, 0.25) is 5.91 Å². The Morgan fingerprint density at radius 1 is 1.16 bits per heavy atom. The predicted molar refractivity (Wildman–Crippen MR) is 136 cm³/mol. The molecule has 0 spiro atoms. The van der Waals surface area contributed by atoms with Crippen LogP contribution in [0.15, 0.2) is 52.0 Å². The molecule has 0 fully saturated rings. The molecular formula is C24H25BrClN3OS. The van der Waals surface area contributed by atoms with Gasteiger partial charge in [0.1, 0.15) is 0 Å². The summed E-state index contributed by atoms with van der Waals surface area (Å²) >= 11 is 11.2. The van der Waals surface area contributed by atoms with Gasteiger partial charge in [-0.3, -0.25) is 4.79 Å². The number of hydrogen-bond donors (Lipinski definition) is 1. The molecule has 0 aliphatic rings. The van der Waals surface area contributed by atoms with Crippen molar-refractivity contribution in [1.82, 2.24) is 9.99 Å². The largest absolute Gasteiger partial charge is 0.316 e. The molecule has 1 aromatic heterocycles. The van der Waals surface area contributed by atoms with E-state index in [-0.39, 0.29) is 5.91 Å². The van der Waals surface area contributed by atoms with Crippen LogP contribution in [0.25, 0.3) is 5.69 Å². The molecule has 0 atom stereocenters. The van der Waals surface area contributed by atoms with Gasteiger partial charge in [0.15, 0.2) is 0 Å². The second kappa shape index (κ2) is 10.5. The quantitative estimate of drug-likeness (QED) is 0.286. The first-order chi connectivity index (χ1) is 14.8. The van der Waals surface area contributed by atoms with Crippen LogP contribution in [0.1, 0.15) is 33.6 Å². The number of nitrogens with zero attached hydrogens (tertiary/aromatic N) is 2. The molecule has 2 aromatic carbocycles. The first-order valence-corrected chi connectivity index (χ1v) is 12.2. The summed E-state index contributed by atoms with van der Waals surface area (Å²) in [5.41, 5.74) is 10.4. The molecule has 0 saturated carbocycles. The number of hydrogen-bond acceptors (Lipinski definition) is 3. The van der Waals surface area contributed by atoms with E-state index in [2.05, 4.69) is 76.9 Å². The number of aromatic nitrogens is 1. The zero-order valence-corrected chi connectivity index (χ0v) is 21.2. The fraction of sp³-hybridized carbons (Fsp3) is 0.250. The number of thioether (sulfide) groups is 1. The van der Waals surface area contributed by atoms with Crippen LogP contribution < -0.4 is 5.43 Å². The van der Waals surface area contributed by atoms with Crippen LogP contribution in [-0.2, 0) is 10.5 Å². The van der Waals surface area contributed by atoms with E-state index in [0.29, 0.717) is 10.8 Å². The molecule has 1 N–H and O–H groups in total. The highest BCUT2D eigenvalue weighted by molar-refractivity contribution is 9.10. The van der Waals surface area contributed by atoms with Crippen LogP contribution in [-0.4, -0.2) is 22.4 Å². The molecule has 0 bridgehead atoms. The van der Waals surface area contributed by atoms with E-state index in [1.165, 1.54) is 22.9 Å². The lowest BCUT2D eigenvalue weighted by molar-refractivity contribution is -0.118. The van der Waals surface area contributed by atoms with Gasteiger partial charge in [0.05, 0.1) is 12.0 Å². The lowest BCUT2D eigenvalue weighted by Gasteiger charge is -2.13. The molecule has 3 rings (SSSR count). The molecular weight excluding hydrogens is 494 g/mol. The van der Waals surface area contributed by atoms with Gasteiger partial charge >= 0.3 is 0 Å². The smallest absolute Gasteiger partial charge is 0.250 e. The molecule has 0 saturated heterocycles. The molecule has 3 aromatic rings. The maximum Gasteiger partial charge on any atom is 0.250 e. The minimum Gasteiger partial charge on any atom is -0.316 e. The summed E-state index contributed by atoms with van der Waals surface area (Å²) in [6, 6.07) is 14.1. The fourth-order valence-electron chi connectivity index (χ4n) is 3.48. The zero-order valence-electron chi connectivity index (χ0n) is 18.0. The van der Waals surface area contributed by atoms with E-state index in [1.54, 1.807) is 6.21 Å². The summed E-state index contributed by atoms with van der Waals surface area (Å²) < 4.78 is 3.18. The van der Waals surface area contributed by atoms with Crippen molar-refractivity contribution in [3.8, 4) is 5.69 Å². The Morgan fingerprint density at radius 3 is 2.65 bits per heavy atom. The van der Waals surface area contributed by atoms with E-state index < -0.39 is 0 Å². The molecule has 31 heavy (non-hydrogen) atoms. The van der Waals surface area contributed by atoms with E-state index in [9.17, 15) is 4.79 Å². The van der Waals surface area contributed by atoms with E-state index in [4.69, 9.17) is 11.6 Å². The van der Waals surface area contributed by atoms with Crippen molar-refractivity contribution in [2.45, 2.75) is 33.4 Å². The maximum absolute atomic E-state index is 12.1. The fourth-order valence-corrected chi connectivity index (χ4v) is 5.03. The molecule has 0 unspecified atom stereocenters. The number of benzene rings is 2. The van der Waals surface area contributed by atoms with Crippen LogP contribution in [0.2, 0.25) is 5.02 Å². The van der Waals surface area contributed by atoms with Gasteiger partial charge in [-0.2, -0.15) is 5.10 Å². The minimum atomic E-state index is -0.136. The van der Waals surface area contributed by atoms with Crippen molar-refractivity contribution in [1.29, 1.82) is 0 Å². The van der Waals surface area contributed by atoms with E-state index in [0.717, 1.165) is 38.4 Å². The number of hydrazone groups is 1. The lowest BCUT2D eigenvalue weighted by Crippen LogP contribution is -2.19. The van der Waals surface area contributed by atoms with Crippen molar-refractivity contribution in [3.05, 3.63) is 85.6 Å². The van der Waals surface area contributed by atoms with Crippen LogP contribution in [0, 0.1) is 27.7 Å². The normalized spacial score (nSPS) is 11.3. The Bertz CT molecular complexity index is 1140. The molecule has 0 radical (unpaired) electrons. The summed E-state index contributed by atoms with van der Waals surface area (Å²) in [5, 5.41) is 4.89. The van der Waals surface area contributed by atoms with Crippen molar-refractivity contribution in [2.75, 3.05) is 5.75 Å². The highest BCUT2D eigenvalue weighted by Crippen LogP contribution is 2.31. The SMILES string of the molecule is Cc1ccc(-n2c(C)c(Br)c(/C=N\NC(=O)CSCc3cccc(Cl)c3)c2C)c(C)c1. The van der Waals surface area contributed by atoms with Crippen molar-refractivity contribution in [2.24, 2.45) is 5.10 Å². The molecule has 7 heteroatoms. The minimum absolute atomic E-state index is 0.136. The zero-order chi connectivity index (χ0) is 22.5.